The van der Waals surface area contributed by atoms with Gasteiger partial charge in [-0.25, -0.2) is 14.9 Å². The zero-order valence-electron chi connectivity index (χ0n) is 21.9. The van der Waals surface area contributed by atoms with E-state index in [0.717, 1.165) is 49.5 Å². The Balaban J connectivity index is 1.40. The zero-order valence-corrected chi connectivity index (χ0v) is 22.7. The highest BCUT2D eigenvalue weighted by Crippen LogP contribution is 2.36. The van der Waals surface area contributed by atoms with E-state index in [1.807, 2.05) is 44.2 Å². The topological polar surface area (TPSA) is 97.5 Å². The summed E-state index contributed by atoms with van der Waals surface area (Å²) < 4.78 is 4.80. The first kappa shape index (κ1) is 27.0. The third-order valence-corrected chi connectivity index (χ3v) is 7.77. The van der Waals surface area contributed by atoms with Crippen molar-refractivity contribution in [3.05, 3.63) is 56.8 Å². The van der Waals surface area contributed by atoms with E-state index >= 15 is 0 Å². The number of hydrogen-bond donors (Lipinski definition) is 1. The smallest absolute Gasteiger partial charge is 0.337 e. The summed E-state index contributed by atoms with van der Waals surface area (Å²) in [5.74, 6) is 0.474. The molecule has 4 rings (SSSR count). The number of ether oxygens (including phenoxy) is 1. The van der Waals surface area contributed by atoms with Crippen molar-refractivity contribution in [2.45, 2.75) is 52.0 Å². The molecule has 198 valence electrons. The number of nitrogens with two attached hydrogens (primary N) is 1. The van der Waals surface area contributed by atoms with Crippen LogP contribution in [0.5, 0.6) is 0 Å². The van der Waals surface area contributed by atoms with Crippen LogP contribution in [0, 0.1) is 0 Å². The number of fused-ring (bicyclic) bond motifs is 1. The normalized spacial score (nSPS) is 16.4. The largest absolute Gasteiger partial charge is 0.465 e. The number of thiophene rings is 1. The number of hydrogen-bond acceptors (Lipinski definition) is 8. The van der Waals surface area contributed by atoms with Crippen molar-refractivity contribution in [2.24, 2.45) is 10.7 Å². The Morgan fingerprint density at radius 1 is 1.19 bits per heavy atom. The number of likely N-dealkylation sites (tertiary alicyclic amines) is 1. The van der Waals surface area contributed by atoms with Gasteiger partial charge in [-0.3, -0.25) is 14.5 Å². The van der Waals surface area contributed by atoms with Gasteiger partial charge in [0.25, 0.3) is 5.91 Å². The van der Waals surface area contributed by atoms with Crippen molar-refractivity contribution in [1.82, 2.24) is 9.96 Å². The van der Waals surface area contributed by atoms with Crippen LogP contribution >= 0.6 is 11.3 Å². The molecule has 37 heavy (non-hydrogen) atoms. The fourth-order valence-electron chi connectivity index (χ4n) is 4.85. The maximum absolute atomic E-state index is 13.1. The fraction of sp³-hybridized carbons (Fsp3) is 0.464. The summed E-state index contributed by atoms with van der Waals surface area (Å²) in [4.78, 5) is 39.6. The van der Waals surface area contributed by atoms with Crippen LogP contribution in [0.4, 0.5) is 5.69 Å². The minimum Gasteiger partial charge on any atom is -0.465 e. The number of benzene rings is 1. The number of hydroxylamine groups is 2. The number of nitrogens with zero attached hydrogens (tertiary/aromatic N) is 3. The molecular weight excluding hydrogens is 488 g/mol. The SMILES string of the molecule is CCCN(OCC)C(=O)C1=Cc2sc(CN3CCC(c4ccc(C(=O)OC)cc4)CC3)cc2N=C(N)C1. The van der Waals surface area contributed by atoms with Gasteiger partial charge in [-0.15, -0.1) is 11.3 Å². The van der Waals surface area contributed by atoms with Gasteiger partial charge in [-0.2, -0.15) is 0 Å². The van der Waals surface area contributed by atoms with Gasteiger partial charge in [0.15, 0.2) is 0 Å². The van der Waals surface area contributed by atoms with Crippen LogP contribution in [-0.4, -0.2) is 61.0 Å². The maximum Gasteiger partial charge on any atom is 0.337 e. The minimum absolute atomic E-state index is 0.147. The third kappa shape index (κ3) is 6.66. The zero-order chi connectivity index (χ0) is 26.4. The van der Waals surface area contributed by atoms with Crippen LogP contribution in [0.25, 0.3) is 6.08 Å². The van der Waals surface area contributed by atoms with Gasteiger partial charge in [-0.1, -0.05) is 19.1 Å². The Hall–Kier alpha value is -3.01. The van der Waals surface area contributed by atoms with Crippen molar-refractivity contribution < 1.29 is 19.2 Å². The Kier molecular flexibility index (Phi) is 9.13. The molecular formula is C28H36N4O4S. The number of aliphatic imine (C=N–C) groups is 1. The second kappa shape index (κ2) is 12.5. The maximum atomic E-state index is 13.1. The highest BCUT2D eigenvalue weighted by Gasteiger charge is 2.25. The van der Waals surface area contributed by atoms with Crippen molar-refractivity contribution in [3.8, 4) is 0 Å². The Morgan fingerprint density at radius 2 is 1.92 bits per heavy atom. The number of amidine groups is 1. The third-order valence-electron chi connectivity index (χ3n) is 6.72. The molecule has 1 saturated heterocycles. The number of methoxy groups -OCH3 is 1. The molecule has 1 aromatic heterocycles. The van der Waals surface area contributed by atoms with Crippen molar-refractivity contribution in [3.63, 3.8) is 0 Å². The van der Waals surface area contributed by atoms with Gasteiger partial charge in [0.2, 0.25) is 0 Å². The van der Waals surface area contributed by atoms with Gasteiger partial charge < -0.3 is 10.5 Å². The summed E-state index contributed by atoms with van der Waals surface area (Å²) in [6.07, 6.45) is 5.19. The van der Waals surface area contributed by atoms with E-state index in [9.17, 15) is 9.59 Å². The first-order valence-corrected chi connectivity index (χ1v) is 13.7. The molecule has 0 aliphatic carbocycles. The van der Waals surface area contributed by atoms with E-state index in [-0.39, 0.29) is 11.9 Å². The van der Waals surface area contributed by atoms with Crippen molar-refractivity contribution in [2.75, 3.05) is 33.4 Å². The second-order valence-corrected chi connectivity index (χ2v) is 10.6. The monoisotopic (exact) mass is 524 g/mol. The summed E-state index contributed by atoms with van der Waals surface area (Å²) >= 11 is 1.67. The van der Waals surface area contributed by atoms with E-state index in [1.54, 1.807) is 11.3 Å². The van der Waals surface area contributed by atoms with Crippen LogP contribution in [-0.2, 0) is 20.9 Å². The van der Waals surface area contributed by atoms with Crippen LogP contribution in [0.15, 0.2) is 40.9 Å². The van der Waals surface area contributed by atoms with Crippen molar-refractivity contribution in [1.29, 1.82) is 0 Å². The molecule has 2 aliphatic heterocycles. The lowest BCUT2D eigenvalue weighted by atomic mass is 9.89. The summed E-state index contributed by atoms with van der Waals surface area (Å²) in [5, 5.41) is 1.44. The first-order valence-electron chi connectivity index (χ1n) is 12.9. The molecule has 8 nitrogen and oxygen atoms in total. The standard InChI is InChI=1S/C28H36N4O4S/c1-4-12-32(36-5-2)27(33)22-15-25-24(30-26(29)16-22)17-23(37-25)18-31-13-10-20(11-14-31)19-6-8-21(9-7-19)28(34)35-3/h6-9,15,17,20H,4-5,10-14,16,18H2,1-3H3,(H2,29,30). The fourth-order valence-corrected chi connectivity index (χ4v) is 5.96. The molecule has 2 aliphatic rings. The number of rotatable bonds is 9. The summed E-state index contributed by atoms with van der Waals surface area (Å²) in [6.45, 7) is 7.71. The van der Waals surface area contributed by atoms with Gasteiger partial charge in [-0.05, 0) is 75.0 Å². The van der Waals surface area contributed by atoms with Gasteiger partial charge in [0.1, 0.15) is 5.84 Å². The van der Waals surface area contributed by atoms with Crippen LogP contribution in [0.2, 0.25) is 0 Å². The molecule has 1 amide bonds. The highest BCUT2D eigenvalue weighted by atomic mass is 32.1. The van der Waals surface area contributed by atoms with E-state index in [0.29, 0.717) is 42.5 Å². The highest BCUT2D eigenvalue weighted by molar-refractivity contribution is 7.13. The predicted octanol–water partition coefficient (Wildman–Crippen LogP) is 4.88. The summed E-state index contributed by atoms with van der Waals surface area (Å²) in [7, 11) is 1.40. The Labute approximate surface area is 222 Å². The molecule has 0 spiro atoms. The molecule has 0 bridgehead atoms. The molecule has 0 saturated carbocycles. The number of carbonyl (C=O) groups excluding carboxylic acids is 2. The number of esters is 1. The quantitative estimate of drug-likeness (QED) is 0.371. The number of amides is 1. The molecule has 0 atom stereocenters. The average Bonchev–Trinajstić information content (AvgIpc) is 3.19. The average molecular weight is 525 g/mol. The molecule has 9 heteroatoms. The lowest BCUT2D eigenvalue weighted by molar-refractivity contribution is -0.180. The van der Waals surface area contributed by atoms with Crippen LogP contribution in [0.1, 0.15) is 71.1 Å². The van der Waals surface area contributed by atoms with E-state index in [4.69, 9.17) is 15.3 Å². The van der Waals surface area contributed by atoms with E-state index < -0.39 is 0 Å². The number of piperidine rings is 1. The molecule has 2 aromatic rings. The molecule has 0 unspecified atom stereocenters. The summed E-state index contributed by atoms with van der Waals surface area (Å²) in [6, 6.07) is 9.88. The lowest BCUT2D eigenvalue weighted by Gasteiger charge is -2.31. The van der Waals surface area contributed by atoms with E-state index in [1.165, 1.54) is 22.6 Å². The van der Waals surface area contributed by atoms with Crippen LogP contribution in [0.3, 0.4) is 0 Å². The second-order valence-electron chi connectivity index (χ2n) is 9.40. The predicted molar refractivity (Wildman–Crippen MR) is 147 cm³/mol. The van der Waals surface area contributed by atoms with Gasteiger partial charge in [0, 0.05) is 30.0 Å². The van der Waals surface area contributed by atoms with Gasteiger partial charge >= 0.3 is 5.97 Å². The molecule has 1 fully saturated rings. The van der Waals surface area contributed by atoms with Crippen molar-refractivity contribution >= 4 is 40.8 Å². The molecule has 3 heterocycles. The van der Waals surface area contributed by atoms with E-state index in [2.05, 4.69) is 16.0 Å². The minimum atomic E-state index is -0.305. The van der Waals surface area contributed by atoms with Gasteiger partial charge in [0.05, 0.1) is 29.8 Å². The first-order chi connectivity index (χ1) is 17.9. The molecule has 0 radical (unpaired) electrons. The Bertz CT molecular complexity index is 1160. The molecule has 1 aromatic carbocycles. The Morgan fingerprint density at radius 3 is 2.57 bits per heavy atom. The molecule has 2 N–H and O–H groups in total. The summed E-state index contributed by atoms with van der Waals surface area (Å²) in [5.41, 5.74) is 9.48. The van der Waals surface area contributed by atoms with Crippen LogP contribution < -0.4 is 5.73 Å². The number of carbonyl (C=O) groups is 2. The lowest BCUT2D eigenvalue weighted by Crippen LogP contribution is -2.34.